The first-order chi connectivity index (χ1) is 9.65. The fourth-order valence-corrected chi connectivity index (χ4v) is 2.49. The van der Waals surface area contributed by atoms with Crippen LogP contribution in [0.25, 0.3) is 0 Å². The van der Waals surface area contributed by atoms with Crippen molar-refractivity contribution < 1.29 is 4.79 Å². The summed E-state index contributed by atoms with van der Waals surface area (Å²) in [6, 6.07) is 18.1. The van der Waals surface area contributed by atoms with Crippen molar-refractivity contribution in [1.82, 2.24) is 5.32 Å². The van der Waals surface area contributed by atoms with E-state index in [0.29, 0.717) is 6.42 Å². The number of aryl methyl sites for hydroxylation is 1. The number of rotatable bonds is 5. The predicted molar refractivity (Wildman–Crippen MR) is 85.5 cm³/mol. The molecule has 0 bridgehead atoms. The van der Waals surface area contributed by atoms with Gasteiger partial charge in [0.2, 0.25) is 5.91 Å². The Morgan fingerprint density at radius 2 is 1.90 bits per heavy atom. The van der Waals surface area contributed by atoms with Gasteiger partial charge in [0.05, 0.1) is 6.04 Å². The number of hydrogen-bond acceptors (Lipinski definition) is 1. The van der Waals surface area contributed by atoms with E-state index in [1.54, 1.807) is 0 Å². The average molecular weight is 332 g/mol. The zero-order chi connectivity index (χ0) is 14.4. The molecule has 1 amide bonds. The van der Waals surface area contributed by atoms with Gasteiger partial charge < -0.3 is 5.32 Å². The van der Waals surface area contributed by atoms with Crippen molar-refractivity contribution >= 4 is 21.8 Å². The minimum Gasteiger partial charge on any atom is -0.350 e. The molecule has 0 aliphatic carbocycles. The molecule has 1 N–H and O–H groups in total. The van der Waals surface area contributed by atoms with Crippen molar-refractivity contribution in [1.29, 1.82) is 0 Å². The van der Waals surface area contributed by atoms with E-state index in [1.165, 1.54) is 5.56 Å². The Hall–Kier alpha value is -1.61. The van der Waals surface area contributed by atoms with E-state index in [2.05, 4.69) is 21.2 Å². The van der Waals surface area contributed by atoms with Crippen LogP contribution < -0.4 is 5.32 Å². The first-order valence-corrected chi connectivity index (χ1v) is 7.53. The van der Waals surface area contributed by atoms with E-state index < -0.39 is 0 Å². The molecule has 0 aliphatic rings. The van der Waals surface area contributed by atoms with E-state index in [1.807, 2.05) is 61.5 Å². The summed E-state index contributed by atoms with van der Waals surface area (Å²) in [4.78, 5) is 12.0. The number of carbonyl (C=O) groups is 1. The van der Waals surface area contributed by atoms with E-state index >= 15 is 0 Å². The van der Waals surface area contributed by atoms with Gasteiger partial charge in [0.25, 0.3) is 0 Å². The summed E-state index contributed by atoms with van der Waals surface area (Å²) >= 11 is 3.45. The molecule has 0 radical (unpaired) electrons. The molecule has 1 unspecified atom stereocenters. The Morgan fingerprint density at radius 1 is 1.15 bits per heavy atom. The lowest BCUT2D eigenvalue weighted by Gasteiger charge is -2.14. The van der Waals surface area contributed by atoms with Crippen molar-refractivity contribution in [3.8, 4) is 0 Å². The van der Waals surface area contributed by atoms with Crippen molar-refractivity contribution in [3.05, 3.63) is 70.2 Å². The molecule has 0 aliphatic heterocycles. The van der Waals surface area contributed by atoms with Gasteiger partial charge in [0.1, 0.15) is 0 Å². The number of halogens is 1. The second kappa shape index (κ2) is 7.25. The maximum Gasteiger partial charge on any atom is 0.220 e. The van der Waals surface area contributed by atoms with Crippen LogP contribution in [0.2, 0.25) is 0 Å². The van der Waals surface area contributed by atoms with Crippen LogP contribution in [0.3, 0.4) is 0 Å². The Labute approximate surface area is 128 Å². The second-order valence-electron chi connectivity index (χ2n) is 4.83. The summed E-state index contributed by atoms with van der Waals surface area (Å²) in [5.74, 6) is 0.0846. The molecule has 0 saturated carbocycles. The van der Waals surface area contributed by atoms with Gasteiger partial charge in [-0.2, -0.15) is 0 Å². The first-order valence-electron chi connectivity index (χ1n) is 6.74. The Balaban J connectivity index is 1.85. The zero-order valence-electron chi connectivity index (χ0n) is 11.5. The van der Waals surface area contributed by atoms with E-state index in [9.17, 15) is 4.79 Å². The number of amides is 1. The minimum atomic E-state index is 0.0239. The molecule has 0 saturated heterocycles. The van der Waals surface area contributed by atoms with Crippen LogP contribution in [0.15, 0.2) is 59.1 Å². The minimum absolute atomic E-state index is 0.0239. The van der Waals surface area contributed by atoms with Crippen LogP contribution in [0.4, 0.5) is 0 Å². The SMILES string of the molecule is CC(NC(=O)CCc1ccccc1)c1cccc(Br)c1. The normalized spacial score (nSPS) is 11.9. The van der Waals surface area contributed by atoms with Gasteiger partial charge in [0.15, 0.2) is 0 Å². The standard InChI is InChI=1S/C17H18BrNO/c1-13(15-8-5-9-16(18)12-15)19-17(20)11-10-14-6-3-2-4-7-14/h2-9,12-13H,10-11H2,1H3,(H,19,20). The number of hydrogen-bond donors (Lipinski definition) is 1. The fourth-order valence-electron chi connectivity index (χ4n) is 2.08. The third-order valence-electron chi connectivity index (χ3n) is 3.21. The lowest BCUT2D eigenvalue weighted by atomic mass is 10.1. The van der Waals surface area contributed by atoms with Crippen LogP contribution in [0.5, 0.6) is 0 Å². The van der Waals surface area contributed by atoms with Gasteiger partial charge in [0, 0.05) is 10.9 Å². The highest BCUT2D eigenvalue weighted by atomic mass is 79.9. The molecular weight excluding hydrogens is 314 g/mol. The van der Waals surface area contributed by atoms with Crippen LogP contribution in [0.1, 0.15) is 30.5 Å². The molecule has 2 nitrogen and oxygen atoms in total. The highest BCUT2D eigenvalue weighted by Gasteiger charge is 2.09. The van der Waals surface area contributed by atoms with Crippen LogP contribution in [-0.2, 0) is 11.2 Å². The van der Waals surface area contributed by atoms with Crippen LogP contribution in [-0.4, -0.2) is 5.91 Å². The van der Waals surface area contributed by atoms with Gasteiger partial charge in [-0.25, -0.2) is 0 Å². The molecule has 0 heterocycles. The zero-order valence-corrected chi connectivity index (χ0v) is 13.1. The first kappa shape index (κ1) is 14.8. The van der Waals surface area contributed by atoms with Crippen LogP contribution >= 0.6 is 15.9 Å². The quantitative estimate of drug-likeness (QED) is 0.871. The van der Waals surface area contributed by atoms with Gasteiger partial charge >= 0.3 is 0 Å². The number of benzene rings is 2. The smallest absolute Gasteiger partial charge is 0.220 e. The highest BCUT2D eigenvalue weighted by Crippen LogP contribution is 2.18. The third-order valence-corrected chi connectivity index (χ3v) is 3.70. The van der Waals surface area contributed by atoms with Gasteiger partial charge in [-0.3, -0.25) is 4.79 Å². The fraction of sp³-hybridized carbons (Fsp3) is 0.235. The molecule has 0 aromatic heterocycles. The van der Waals surface area contributed by atoms with Crippen molar-refractivity contribution in [3.63, 3.8) is 0 Å². The summed E-state index contributed by atoms with van der Waals surface area (Å²) in [5.41, 5.74) is 2.30. The topological polar surface area (TPSA) is 29.1 Å². The molecule has 1 atom stereocenters. The lowest BCUT2D eigenvalue weighted by Crippen LogP contribution is -2.26. The van der Waals surface area contributed by atoms with Crippen molar-refractivity contribution in [2.45, 2.75) is 25.8 Å². The Bertz CT molecular complexity index is 568. The average Bonchev–Trinajstić information content (AvgIpc) is 2.46. The van der Waals surface area contributed by atoms with Crippen molar-refractivity contribution in [2.24, 2.45) is 0 Å². The molecule has 20 heavy (non-hydrogen) atoms. The summed E-state index contributed by atoms with van der Waals surface area (Å²) in [7, 11) is 0. The van der Waals surface area contributed by atoms with Gasteiger partial charge in [-0.1, -0.05) is 58.4 Å². The molecule has 2 aromatic rings. The Morgan fingerprint density at radius 3 is 2.60 bits per heavy atom. The maximum atomic E-state index is 12.0. The predicted octanol–water partition coefficient (Wildman–Crippen LogP) is 4.26. The van der Waals surface area contributed by atoms with Crippen molar-refractivity contribution in [2.75, 3.05) is 0 Å². The molecular formula is C17H18BrNO. The third kappa shape index (κ3) is 4.49. The van der Waals surface area contributed by atoms with E-state index in [0.717, 1.165) is 16.5 Å². The number of nitrogens with one attached hydrogen (secondary N) is 1. The monoisotopic (exact) mass is 331 g/mol. The van der Waals surface area contributed by atoms with Gasteiger partial charge in [-0.15, -0.1) is 0 Å². The number of carbonyl (C=O) groups excluding carboxylic acids is 1. The highest BCUT2D eigenvalue weighted by molar-refractivity contribution is 9.10. The van der Waals surface area contributed by atoms with Gasteiger partial charge in [-0.05, 0) is 36.6 Å². The molecule has 0 spiro atoms. The van der Waals surface area contributed by atoms with E-state index in [4.69, 9.17) is 0 Å². The summed E-state index contributed by atoms with van der Waals surface area (Å²) in [5, 5.41) is 3.03. The van der Waals surface area contributed by atoms with E-state index in [-0.39, 0.29) is 11.9 Å². The molecule has 3 heteroatoms. The molecule has 2 aromatic carbocycles. The summed E-state index contributed by atoms with van der Waals surface area (Å²) < 4.78 is 1.03. The summed E-state index contributed by atoms with van der Waals surface area (Å²) in [6.07, 6.45) is 1.29. The molecule has 104 valence electrons. The maximum absolute atomic E-state index is 12.0. The second-order valence-corrected chi connectivity index (χ2v) is 5.75. The van der Waals surface area contributed by atoms with Crippen LogP contribution in [0, 0.1) is 0 Å². The Kier molecular flexibility index (Phi) is 5.36. The molecule has 0 fully saturated rings. The largest absolute Gasteiger partial charge is 0.350 e. The summed E-state index contributed by atoms with van der Waals surface area (Å²) in [6.45, 7) is 2.00. The lowest BCUT2D eigenvalue weighted by molar-refractivity contribution is -0.121. The molecule has 2 rings (SSSR count).